The Morgan fingerprint density at radius 1 is 1.31 bits per heavy atom. The normalized spacial score (nSPS) is 10.8. The lowest BCUT2D eigenvalue weighted by Gasteiger charge is -2.03. The van der Waals surface area contributed by atoms with Crippen LogP contribution in [0.4, 0.5) is 0 Å². The Morgan fingerprint density at radius 2 is 2.12 bits per heavy atom. The van der Waals surface area contributed by atoms with Gasteiger partial charge in [0.1, 0.15) is 0 Å². The molecule has 1 heterocycles. The van der Waals surface area contributed by atoms with E-state index in [1.807, 2.05) is 35.0 Å². The van der Waals surface area contributed by atoms with Gasteiger partial charge in [-0.1, -0.05) is 18.2 Å². The smallest absolute Gasteiger partial charge is 0.271 e. The molecule has 0 radical (unpaired) electrons. The fourth-order valence-corrected chi connectivity index (χ4v) is 1.88. The number of benzene rings is 1. The fraction of sp³-hybridized carbons (Fsp3) is 0.308. The summed E-state index contributed by atoms with van der Waals surface area (Å²) in [4.78, 5) is 11.6. The highest BCUT2D eigenvalue weighted by molar-refractivity contribution is 5.78. The van der Waals surface area contributed by atoms with Gasteiger partial charge < -0.3 is 0 Å². The fourth-order valence-electron chi connectivity index (χ4n) is 1.88. The predicted molar refractivity (Wildman–Crippen MR) is 66.6 cm³/mol. The molecule has 0 spiro atoms. The minimum absolute atomic E-state index is 0.000629. The van der Waals surface area contributed by atoms with Crippen LogP contribution >= 0.6 is 0 Å². The summed E-state index contributed by atoms with van der Waals surface area (Å²) < 4.78 is 1.93. The van der Waals surface area contributed by atoms with Crippen LogP contribution in [0.5, 0.6) is 0 Å². The number of hydrogen-bond donors (Lipinski definition) is 1. The molecule has 2 aromatic rings. The highest BCUT2D eigenvalue weighted by atomic mass is 16.1. The molecule has 0 atom stereocenters. The van der Waals surface area contributed by atoms with Gasteiger partial charge in [0, 0.05) is 6.54 Å². The monoisotopic (exact) mass is 216 g/mol. The summed E-state index contributed by atoms with van der Waals surface area (Å²) in [6.07, 6.45) is 5.12. The van der Waals surface area contributed by atoms with Gasteiger partial charge in [-0.25, -0.2) is 0 Å². The third-order valence-electron chi connectivity index (χ3n) is 2.72. The summed E-state index contributed by atoms with van der Waals surface area (Å²) in [5.41, 5.74) is 0.991. The van der Waals surface area contributed by atoms with Crippen LogP contribution in [0.2, 0.25) is 0 Å². The van der Waals surface area contributed by atoms with E-state index in [4.69, 9.17) is 0 Å². The zero-order chi connectivity index (χ0) is 11.4. The summed E-state index contributed by atoms with van der Waals surface area (Å²) in [5, 5.41) is 3.63. The second-order valence-corrected chi connectivity index (χ2v) is 3.89. The van der Waals surface area contributed by atoms with Crippen molar-refractivity contribution >= 4 is 10.9 Å². The summed E-state index contributed by atoms with van der Waals surface area (Å²) in [5.74, 6) is 0. The molecule has 0 aliphatic rings. The molecule has 84 valence electrons. The standard InChI is InChI=1S/C13H16N2O/c1-2-3-4-7-10-15-12-9-6-5-8-11(12)13(16)14-15/h2,5-6,8-9H,1,3-4,7,10H2,(H,14,16). The molecule has 0 saturated carbocycles. The molecule has 1 aromatic heterocycles. The van der Waals surface area contributed by atoms with Crippen LogP contribution in [0.15, 0.2) is 41.7 Å². The SMILES string of the molecule is C=CCCCCn1[nH]c(=O)c2ccccc21. The predicted octanol–water partition coefficient (Wildman–Crippen LogP) is 2.69. The Bertz CT molecular complexity index is 536. The molecule has 3 heteroatoms. The van der Waals surface area contributed by atoms with Crippen molar-refractivity contribution in [3.05, 3.63) is 47.3 Å². The highest BCUT2D eigenvalue weighted by Gasteiger charge is 2.03. The molecular weight excluding hydrogens is 200 g/mol. The number of nitrogens with one attached hydrogen (secondary N) is 1. The lowest BCUT2D eigenvalue weighted by atomic mass is 10.2. The minimum Gasteiger partial charge on any atom is -0.284 e. The number of aromatic amines is 1. The third-order valence-corrected chi connectivity index (χ3v) is 2.72. The first-order chi connectivity index (χ1) is 7.83. The molecule has 0 saturated heterocycles. The van der Waals surface area contributed by atoms with Crippen LogP contribution in [0.1, 0.15) is 19.3 Å². The van der Waals surface area contributed by atoms with E-state index in [9.17, 15) is 4.79 Å². The number of para-hydroxylation sites is 1. The number of nitrogens with zero attached hydrogens (tertiary/aromatic N) is 1. The Kier molecular flexibility index (Phi) is 3.25. The molecule has 0 bridgehead atoms. The van der Waals surface area contributed by atoms with E-state index in [0.717, 1.165) is 36.7 Å². The number of rotatable bonds is 5. The minimum atomic E-state index is -0.000629. The van der Waals surface area contributed by atoms with Crippen molar-refractivity contribution in [1.29, 1.82) is 0 Å². The van der Waals surface area contributed by atoms with Gasteiger partial charge in [-0.2, -0.15) is 0 Å². The molecule has 0 aliphatic heterocycles. The van der Waals surface area contributed by atoms with Crippen LogP contribution in [0.3, 0.4) is 0 Å². The molecule has 1 N–H and O–H groups in total. The summed E-state index contributed by atoms with van der Waals surface area (Å²) in [7, 11) is 0. The number of aromatic nitrogens is 2. The Morgan fingerprint density at radius 3 is 2.94 bits per heavy atom. The largest absolute Gasteiger partial charge is 0.284 e. The zero-order valence-electron chi connectivity index (χ0n) is 9.28. The van der Waals surface area contributed by atoms with Gasteiger partial charge in [-0.15, -0.1) is 6.58 Å². The van der Waals surface area contributed by atoms with Gasteiger partial charge in [-0.3, -0.25) is 14.6 Å². The van der Waals surface area contributed by atoms with Crippen molar-refractivity contribution in [2.45, 2.75) is 25.8 Å². The molecule has 2 rings (SSSR count). The van der Waals surface area contributed by atoms with E-state index in [1.165, 1.54) is 0 Å². The highest BCUT2D eigenvalue weighted by Crippen LogP contribution is 2.09. The molecule has 3 nitrogen and oxygen atoms in total. The van der Waals surface area contributed by atoms with E-state index < -0.39 is 0 Å². The third kappa shape index (κ3) is 2.08. The summed E-state index contributed by atoms with van der Waals surface area (Å²) in [6.45, 7) is 4.55. The van der Waals surface area contributed by atoms with Crippen LogP contribution in [-0.2, 0) is 6.54 Å². The van der Waals surface area contributed by atoms with Crippen molar-refractivity contribution < 1.29 is 0 Å². The summed E-state index contributed by atoms with van der Waals surface area (Å²) >= 11 is 0. The average Bonchev–Trinajstić information content (AvgIpc) is 2.63. The van der Waals surface area contributed by atoms with Crippen molar-refractivity contribution in [2.24, 2.45) is 0 Å². The number of unbranched alkanes of at least 4 members (excludes halogenated alkanes) is 2. The van der Waals surface area contributed by atoms with E-state index in [2.05, 4.69) is 11.7 Å². The van der Waals surface area contributed by atoms with Gasteiger partial charge in [0.25, 0.3) is 5.56 Å². The number of hydrogen-bond acceptors (Lipinski definition) is 1. The van der Waals surface area contributed by atoms with Gasteiger partial charge in [-0.05, 0) is 31.4 Å². The molecule has 16 heavy (non-hydrogen) atoms. The first kappa shape index (κ1) is 10.7. The molecule has 1 aromatic carbocycles. The molecule has 0 fully saturated rings. The van der Waals surface area contributed by atoms with Gasteiger partial charge in [0.2, 0.25) is 0 Å². The number of allylic oxidation sites excluding steroid dienone is 1. The van der Waals surface area contributed by atoms with Crippen LogP contribution < -0.4 is 5.56 Å². The van der Waals surface area contributed by atoms with E-state index in [-0.39, 0.29) is 5.56 Å². The van der Waals surface area contributed by atoms with Crippen molar-refractivity contribution in [1.82, 2.24) is 9.78 Å². The zero-order valence-corrected chi connectivity index (χ0v) is 9.28. The Balaban J connectivity index is 2.18. The summed E-state index contributed by atoms with van der Waals surface area (Å²) in [6, 6.07) is 7.67. The number of aryl methyl sites for hydroxylation is 1. The molecule has 0 aliphatic carbocycles. The van der Waals surface area contributed by atoms with Crippen LogP contribution in [-0.4, -0.2) is 9.78 Å². The topological polar surface area (TPSA) is 37.8 Å². The lowest BCUT2D eigenvalue weighted by Crippen LogP contribution is -2.05. The van der Waals surface area contributed by atoms with Crippen molar-refractivity contribution in [3.8, 4) is 0 Å². The van der Waals surface area contributed by atoms with Gasteiger partial charge in [0.15, 0.2) is 0 Å². The maximum Gasteiger partial charge on any atom is 0.271 e. The number of fused-ring (bicyclic) bond motifs is 1. The van der Waals surface area contributed by atoms with Crippen LogP contribution in [0.25, 0.3) is 10.9 Å². The molecule has 0 unspecified atom stereocenters. The van der Waals surface area contributed by atoms with Crippen molar-refractivity contribution in [2.75, 3.05) is 0 Å². The molecule has 0 amide bonds. The van der Waals surface area contributed by atoms with E-state index in [0.29, 0.717) is 0 Å². The second-order valence-electron chi connectivity index (χ2n) is 3.89. The first-order valence-electron chi connectivity index (χ1n) is 5.61. The average molecular weight is 216 g/mol. The second kappa shape index (κ2) is 4.84. The number of H-pyrrole nitrogens is 1. The van der Waals surface area contributed by atoms with Gasteiger partial charge in [0.05, 0.1) is 10.9 Å². The van der Waals surface area contributed by atoms with E-state index in [1.54, 1.807) is 0 Å². The maximum atomic E-state index is 11.6. The Hall–Kier alpha value is -1.77. The Labute approximate surface area is 94.4 Å². The lowest BCUT2D eigenvalue weighted by molar-refractivity contribution is 0.572. The quantitative estimate of drug-likeness (QED) is 0.605. The molecular formula is C13H16N2O. The first-order valence-corrected chi connectivity index (χ1v) is 5.61. The van der Waals surface area contributed by atoms with Crippen LogP contribution in [0, 0.1) is 0 Å². The van der Waals surface area contributed by atoms with Gasteiger partial charge >= 0.3 is 0 Å². The van der Waals surface area contributed by atoms with Crippen molar-refractivity contribution in [3.63, 3.8) is 0 Å². The van der Waals surface area contributed by atoms with E-state index >= 15 is 0 Å². The maximum absolute atomic E-state index is 11.6.